The average molecular weight is 226 g/mol. The van der Waals surface area contributed by atoms with Crippen LogP contribution in [0.4, 0.5) is 0 Å². The molecule has 0 bridgehead atoms. The number of quaternary nitrogens is 1. The Morgan fingerprint density at radius 1 is 1.09 bits per heavy atom. The topological polar surface area (TPSA) is 21.5 Å². The molecule has 2 nitrogen and oxygen atoms in total. The van der Waals surface area contributed by atoms with Crippen LogP contribution in [-0.2, 0) is 4.79 Å². The molecular formula is C8H20BrNO. The number of carbonyl (C=O) groups excluding carboxylic acids is 1. The summed E-state index contributed by atoms with van der Waals surface area (Å²) in [6.45, 7) is 11.9. The van der Waals surface area contributed by atoms with Gasteiger partial charge in [-0.25, -0.2) is 0 Å². The van der Waals surface area contributed by atoms with Gasteiger partial charge in [0.1, 0.15) is 6.29 Å². The molecule has 0 aromatic carbocycles. The van der Waals surface area contributed by atoms with Crippen LogP contribution < -0.4 is 21.9 Å². The van der Waals surface area contributed by atoms with Crippen LogP contribution in [0.3, 0.4) is 0 Å². The van der Waals surface area contributed by atoms with Crippen LogP contribution in [-0.4, -0.2) is 25.9 Å². The smallest absolute Gasteiger partial charge is 0.116 e. The van der Waals surface area contributed by atoms with Crippen molar-refractivity contribution in [2.45, 2.75) is 27.7 Å². The van der Waals surface area contributed by atoms with Crippen molar-refractivity contribution in [3.05, 3.63) is 0 Å². The van der Waals surface area contributed by atoms with Crippen LogP contribution in [0.15, 0.2) is 0 Å². The van der Waals surface area contributed by atoms with Gasteiger partial charge in [-0.15, -0.1) is 0 Å². The van der Waals surface area contributed by atoms with Crippen molar-refractivity contribution in [1.29, 1.82) is 0 Å². The lowest BCUT2D eigenvalue weighted by Gasteiger charge is -2.10. The van der Waals surface area contributed by atoms with Gasteiger partial charge in [-0.05, 0) is 27.7 Å². The van der Waals surface area contributed by atoms with Crippen molar-refractivity contribution in [2.24, 2.45) is 0 Å². The van der Waals surface area contributed by atoms with Gasteiger partial charge in [0.05, 0.1) is 19.6 Å². The molecule has 0 aromatic heterocycles. The number of carbonyl (C=O) groups is 1. The van der Waals surface area contributed by atoms with Gasteiger partial charge in [0, 0.05) is 0 Å². The van der Waals surface area contributed by atoms with E-state index in [4.69, 9.17) is 4.79 Å². The second-order valence-electron chi connectivity index (χ2n) is 2.05. The first kappa shape index (κ1) is 17.3. The Kier molecular flexibility index (Phi) is 26.1. The maximum atomic E-state index is 8.81. The molecule has 0 saturated carbocycles. The Morgan fingerprint density at radius 3 is 1.27 bits per heavy atom. The molecular weight excluding hydrogens is 206 g/mol. The highest BCUT2D eigenvalue weighted by Crippen LogP contribution is 1.45. The van der Waals surface area contributed by atoms with Gasteiger partial charge in [-0.2, -0.15) is 0 Å². The molecule has 0 fully saturated rings. The minimum Gasteiger partial charge on any atom is -1.00 e. The number of halogens is 1. The van der Waals surface area contributed by atoms with Crippen LogP contribution in [0.25, 0.3) is 0 Å². The second kappa shape index (κ2) is 16.6. The van der Waals surface area contributed by atoms with Crippen molar-refractivity contribution < 1.29 is 26.7 Å². The maximum absolute atomic E-state index is 8.81. The number of hydrogen-bond acceptors (Lipinski definition) is 1. The lowest BCUT2D eigenvalue weighted by atomic mass is 10.5. The molecule has 3 heteroatoms. The van der Waals surface area contributed by atoms with Gasteiger partial charge in [0.15, 0.2) is 0 Å². The molecule has 0 aromatic rings. The van der Waals surface area contributed by atoms with Crippen molar-refractivity contribution in [3.63, 3.8) is 0 Å². The second-order valence-corrected chi connectivity index (χ2v) is 2.05. The quantitative estimate of drug-likeness (QED) is 0.514. The zero-order valence-corrected chi connectivity index (χ0v) is 9.57. The highest BCUT2D eigenvalue weighted by molar-refractivity contribution is 5.44. The van der Waals surface area contributed by atoms with Crippen molar-refractivity contribution >= 4 is 6.29 Å². The lowest BCUT2D eigenvalue weighted by Crippen LogP contribution is -3.11. The van der Waals surface area contributed by atoms with E-state index in [1.54, 1.807) is 4.90 Å². The molecule has 0 spiro atoms. The van der Waals surface area contributed by atoms with Crippen LogP contribution in [0, 0.1) is 0 Å². The molecule has 0 unspecified atom stereocenters. The molecule has 0 aliphatic carbocycles. The molecule has 0 saturated heterocycles. The van der Waals surface area contributed by atoms with E-state index in [2.05, 4.69) is 20.8 Å². The third-order valence-electron chi connectivity index (χ3n) is 1.50. The Hall–Kier alpha value is 0.110. The number of aldehydes is 1. The van der Waals surface area contributed by atoms with Crippen molar-refractivity contribution in [3.8, 4) is 0 Å². The fourth-order valence-corrected chi connectivity index (χ4v) is 0.750. The van der Waals surface area contributed by atoms with Crippen LogP contribution >= 0.6 is 0 Å². The molecule has 0 aliphatic heterocycles. The van der Waals surface area contributed by atoms with E-state index in [0.717, 1.165) is 6.29 Å². The van der Waals surface area contributed by atoms with Crippen LogP contribution in [0.2, 0.25) is 0 Å². The summed E-state index contributed by atoms with van der Waals surface area (Å²) < 4.78 is 0. The first-order valence-electron chi connectivity index (χ1n) is 4.00. The molecule has 0 heterocycles. The van der Waals surface area contributed by atoms with Crippen LogP contribution in [0.1, 0.15) is 27.7 Å². The Labute approximate surface area is 80.7 Å². The summed E-state index contributed by atoms with van der Waals surface area (Å²) in [6, 6.07) is 0. The van der Waals surface area contributed by atoms with E-state index in [9.17, 15) is 0 Å². The minimum atomic E-state index is 0. The maximum Gasteiger partial charge on any atom is 0.116 e. The van der Waals surface area contributed by atoms with Gasteiger partial charge in [-0.3, -0.25) is 0 Å². The zero-order chi connectivity index (χ0) is 8.41. The van der Waals surface area contributed by atoms with Gasteiger partial charge in [0.25, 0.3) is 0 Å². The highest BCUT2D eigenvalue weighted by Gasteiger charge is 1.92. The molecule has 11 heavy (non-hydrogen) atoms. The first-order chi connectivity index (χ1) is 4.76. The predicted molar refractivity (Wildman–Crippen MR) is 44.3 cm³/mol. The van der Waals surface area contributed by atoms with E-state index in [-0.39, 0.29) is 17.0 Å². The van der Waals surface area contributed by atoms with Crippen LogP contribution in [0.5, 0.6) is 0 Å². The summed E-state index contributed by atoms with van der Waals surface area (Å²) in [4.78, 5) is 10.5. The summed E-state index contributed by atoms with van der Waals surface area (Å²) in [6.07, 6.45) is 0.750. The monoisotopic (exact) mass is 225 g/mol. The summed E-state index contributed by atoms with van der Waals surface area (Å²) in [5.74, 6) is 0. The third kappa shape index (κ3) is 17.8. The SMILES string of the molecule is CC=O.CC[NH+](CC)CC.[Br-]. The minimum absolute atomic E-state index is 0. The van der Waals surface area contributed by atoms with Crippen molar-refractivity contribution in [2.75, 3.05) is 19.6 Å². The largest absolute Gasteiger partial charge is 1.00 e. The zero-order valence-electron chi connectivity index (χ0n) is 7.98. The van der Waals surface area contributed by atoms with Gasteiger partial charge >= 0.3 is 0 Å². The van der Waals surface area contributed by atoms with Gasteiger partial charge < -0.3 is 26.7 Å². The van der Waals surface area contributed by atoms with Crippen molar-refractivity contribution in [1.82, 2.24) is 0 Å². The Bertz CT molecular complexity index is 59.6. The number of nitrogens with one attached hydrogen (secondary N) is 1. The molecule has 0 rings (SSSR count). The fraction of sp³-hybridized carbons (Fsp3) is 0.875. The molecule has 70 valence electrons. The van der Waals surface area contributed by atoms with E-state index in [1.165, 1.54) is 26.6 Å². The molecule has 0 amide bonds. The summed E-state index contributed by atoms with van der Waals surface area (Å²) in [5.41, 5.74) is 0. The summed E-state index contributed by atoms with van der Waals surface area (Å²) in [7, 11) is 0. The number of rotatable bonds is 3. The predicted octanol–water partition coefficient (Wildman–Crippen LogP) is -2.86. The molecule has 0 atom stereocenters. The van der Waals surface area contributed by atoms with E-state index < -0.39 is 0 Å². The summed E-state index contributed by atoms with van der Waals surface area (Å²) in [5, 5.41) is 0. The molecule has 0 radical (unpaired) electrons. The Balaban J connectivity index is -0.000000140. The lowest BCUT2D eigenvalue weighted by molar-refractivity contribution is -0.894. The Morgan fingerprint density at radius 2 is 1.27 bits per heavy atom. The fourth-order valence-electron chi connectivity index (χ4n) is 0.750. The molecule has 0 aliphatic rings. The average Bonchev–Trinajstić information content (AvgIpc) is 1.93. The highest BCUT2D eigenvalue weighted by atomic mass is 79.9. The first-order valence-corrected chi connectivity index (χ1v) is 4.00. The third-order valence-corrected chi connectivity index (χ3v) is 1.50. The normalized spacial score (nSPS) is 7.73. The van der Waals surface area contributed by atoms with Gasteiger partial charge in [-0.1, -0.05) is 0 Å². The molecule has 1 N–H and O–H groups in total. The number of hydrogen-bond donors (Lipinski definition) is 1. The standard InChI is InChI=1S/C6H15N.C2H4O.BrH/c1-4-7(5-2)6-3;1-2-3;/h4-6H2,1-3H3;2H,1H3;1H. The van der Waals surface area contributed by atoms with E-state index in [1.807, 2.05) is 0 Å². The summed E-state index contributed by atoms with van der Waals surface area (Å²) >= 11 is 0. The van der Waals surface area contributed by atoms with E-state index >= 15 is 0 Å². The van der Waals surface area contributed by atoms with Gasteiger partial charge in [0.2, 0.25) is 0 Å². The van der Waals surface area contributed by atoms with E-state index in [0.29, 0.717) is 0 Å².